The second-order valence-electron chi connectivity index (χ2n) is 4.38. The molecule has 22 heavy (non-hydrogen) atoms. The first-order chi connectivity index (χ1) is 10.4. The lowest BCUT2D eigenvalue weighted by atomic mass is 10.1. The van der Waals surface area contributed by atoms with Gasteiger partial charge in [-0.15, -0.1) is 0 Å². The van der Waals surface area contributed by atoms with E-state index in [4.69, 9.17) is 16.9 Å². The molecule has 0 bridgehead atoms. The summed E-state index contributed by atoms with van der Waals surface area (Å²) >= 11 is 5.85. The molecule has 0 saturated heterocycles. The Bertz CT molecular complexity index is 793. The molecule has 0 radical (unpaired) electrons. The van der Waals surface area contributed by atoms with Crippen LogP contribution in [0.2, 0.25) is 5.02 Å². The van der Waals surface area contributed by atoms with Gasteiger partial charge in [-0.3, -0.25) is 19.6 Å². The molecule has 0 aliphatic carbocycles. The summed E-state index contributed by atoms with van der Waals surface area (Å²) in [5.74, 6) is -0.423. The monoisotopic (exact) mass is 319 g/mol. The number of non-ortho nitro benzene ring substituents is 1. The Kier molecular flexibility index (Phi) is 4.39. The molecule has 0 aliphatic rings. The zero-order chi connectivity index (χ0) is 16.3. The Morgan fingerprint density at radius 1 is 1.59 bits per heavy atom. The van der Waals surface area contributed by atoms with Crippen molar-refractivity contribution in [2.24, 2.45) is 0 Å². The number of carbonyl (C=O) groups excluding carboxylic acids is 1. The van der Waals surface area contributed by atoms with Crippen LogP contribution in [0.1, 0.15) is 11.3 Å². The van der Waals surface area contributed by atoms with Crippen LogP contribution in [0, 0.1) is 28.4 Å². The summed E-state index contributed by atoms with van der Waals surface area (Å²) in [6, 6.07) is 5.45. The van der Waals surface area contributed by atoms with E-state index in [1.54, 1.807) is 6.92 Å². The maximum absolute atomic E-state index is 12.0. The molecule has 1 aromatic carbocycles. The van der Waals surface area contributed by atoms with Crippen molar-refractivity contribution < 1.29 is 9.72 Å². The maximum atomic E-state index is 12.0. The van der Waals surface area contributed by atoms with Gasteiger partial charge in [-0.05, 0) is 13.0 Å². The first-order valence-corrected chi connectivity index (χ1v) is 6.46. The third-order valence-corrected chi connectivity index (χ3v) is 3.32. The molecule has 0 aliphatic heterocycles. The first-order valence-electron chi connectivity index (χ1n) is 6.08. The number of nitro groups is 1. The Labute approximate surface area is 130 Å². The highest BCUT2D eigenvalue weighted by atomic mass is 35.5. The average molecular weight is 320 g/mol. The van der Waals surface area contributed by atoms with Crippen LogP contribution in [0.15, 0.2) is 24.4 Å². The summed E-state index contributed by atoms with van der Waals surface area (Å²) < 4.78 is 1.41. The summed E-state index contributed by atoms with van der Waals surface area (Å²) in [5.41, 5.74) is 0.636. The van der Waals surface area contributed by atoms with Crippen LogP contribution in [0.25, 0.3) is 0 Å². The van der Waals surface area contributed by atoms with Crippen molar-refractivity contribution in [2.45, 2.75) is 13.5 Å². The van der Waals surface area contributed by atoms with E-state index in [2.05, 4.69) is 10.4 Å². The van der Waals surface area contributed by atoms with Gasteiger partial charge in [0.2, 0.25) is 5.91 Å². The van der Waals surface area contributed by atoms with Gasteiger partial charge in [0.05, 0.1) is 33.1 Å². The number of nitrogens with zero attached hydrogens (tertiary/aromatic N) is 4. The molecule has 2 aromatic rings. The second kappa shape index (κ2) is 6.24. The zero-order valence-corrected chi connectivity index (χ0v) is 12.2. The van der Waals surface area contributed by atoms with Crippen LogP contribution in [0.4, 0.5) is 11.4 Å². The summed E-state index contributed by atoms with van der Waals surface area (Å²) in [7, 11) is 0. The number of aromatic nitrogens is 2. The first kappa shape index (κ1) is 15.5. The van der Waals surface area contributed by atoms with Crippen LogP contribution < -0.4 is 5.32 Å². The normalized spacial score (nSPS) is 10.0. The van der Waals surface area contributed by atoms with Gasteiger partial charge >= 0.3 is 0 Å². The number of hydrogen-bond acceptors (Lipinski definition) is 5. The predicted molar refractivity (Wildman–Crippen MR) is 78.4 cm³/mol. The van der Waals surface area contributed by atoms with Crippen LogP contribution in [0.5, 0.6) is 0 Å². The van der Waals surface area contributed by atoms with Crippen molar-refractivity contribution in [1.82, 2.24) is 9.78 Å². The largest absolute Gasteiger partial charge is 0.323 e. The highest BCUT2D eigenvalue weighted by Crippen LogP contribution is 2.21. The Morgan fingerprint density at radius 3 is 2.86 bits per heavy atom. The lowest BCUT2D eigenvalue weighted by Gasteiger charge is -2.08. The molecular weight excluding hydrogens is 310 g/mol. The number of hydrogen-bond donors (Lipinski definition) is 1. The highest BCUT2D eigenvalue weighted by Gasteiger charge is 2.14. The molecule has 0 atom stereocenters. The molecule has 0 unspecified atom stereocenters. The Hall–Kier alpha value is -2.92. The Balaban J connectivity index is 2.17. The van der Waals surface area contributed by atoms with E-state index in [1.807, 2.05) is 6.07 Å². The van der Waals surface area contributed by atoms with Crippen LogP contribution in [-0.2, 0) is 11.3 Å². The molecule has 8 nitrogen and oxygen atoms in total. The average Bonchev–Trinajstić information content (AvgIpc) is 2.79. The van der Waals surface area contributed by atoms with E-state index in [-0.39, 0.29) is 23.5 Å². The smallest absolute Gasteiger partial charge is 0.270 e. The molecule has 1 aromatic heterocycles. The van der Waals surface area contributed by atoms with Crippen LogP contribution >= 0.6 is 11.6 Å². The Morgan fingerprint density at radius 2 is 2.32 bits per heavy atom. The standard InChI is InChI=1S/C13H10ClN5O3/c1-8-11(14)6-16-18(8)7-13(20)17-12-3-2-10(19(21)22)4-9(12)5-15/h2-4,6H,7H2,1H3,(H,17,20). The van der Waals surface area contributed by atoms with E-state index in [1.165, 1.54) is 23.0 Å². The van der Waals surface area contributed by atoms with Crippen LogP contribution in [-0.4, -0.2) is 20.6 Å². The molecule has 2 rings (SSSR count). The molecule has 9 heteroatoms. The lowest BCUT2D eigenvalue weighted by molar-refractivity contribution is -0.384. The number of nitrogens with one attached hydrogen (secondary N) is 1. The SMILES string of the molecule is Cc1c(Cl)cnn1CC(=O)Nc1ccc([N+](=O)[O-])cc1C#N. The molecule has 112 valence electrons. The molecule has 1 heterocycles. The van der Waals surface area contributed by atoms with Crippen molar-refractivity contribution in [2.75, 3.05) is 5.32 Å². The quantitative estimate of drug-likeness (QED) is 0.685. The second-order valence-corrected chi connectivity index (χ2v) is 4.79. The van der Waals surface area contributed by atoms with E-state index >= 15 is 0 Å². The van der Waals surface area contributed by atoms with Gasteiger partial charge in [-0.25, -0.2) is 0 Å². The minimum atomic E-state index is -0.610. The van der Waals surface area contributed by atoms with Gasteiger partial charge in [0, 0.05) is 12.1 Å². The molecule has 1 N–H and O–H groups in total. The van der Waals surface area contributed by atoms with Crippen LogP contribution in [0.3, 0.4) is 0 Å². The van der Waals surface area contributed by atoms with Crippen molar-refractivity contribution >= 4 is 28.9 Å². The minimum Gasteiger partial charge on any atom is -0.323 e. The number of benzene rings is 1. The minimum absolute atomic E-state index is 0.0118. The number of amides is 1. The van der Waals surface area contributed by atoms with Crippen molar-refractivity contribution in [3.8, 4) is 6.07 Å². The number of nitro benzene ring substituents is 1. The van der Waals surface area contributed by atoms with Crippen molar-refractivity contribution in [3.05, 3.63) is 50.8 Å². The van der Waals surface area contributed by atoms with Crippen molar-refractivity contribution in [1.29, 1.82) is 5.26 Å². The maximum Gasteiger partial charge on any atom is 0.270 e. The number of carbonyl (C=O) groups is 1. The summed E-state index contributed by atoms with van der Waals surface area (Å²) in [4.78, 5) is 22.0. The van der Waals surface area contributed by atoms with E-state index < -0.39 is 10.8 Å². The number of anilines is 1. The topological polar surface area (TPSA) is 114 Å². The van der Waals surface area contributed by atoms with E-state index in [0.29, 0.717) is 10.7 Å². The van der Waals surface area contributed by atoms with E-state index in [0.717, 1.165) is 6.07 Å². The van der Waals surface area contributed by atoms with Gasteiger partial charge in [0.15, 0.2) is 0 Å². The van der Waals surface area contributed by atoms with E-state index in [9.17, 15) is 14.9 Å². The molecule has 0 spiro atoms. The van der Waals surface area contributed by atoms with Gasteiger partial charge in [-0.1, -0.05) is 11.6 Å². The fraction of sp³-hybridized carbons (Fsp3) is 0.154. The fourth-order valence-electron chi connectivity index (χ4n) is 1.76. The number of nitriles is 1. The highest BCUT2D eigenvalue weighted by molar-refractivity contribution is 6.31. The van der Waals surface area contributed by atoms with Gasteiger partial charge in [0.25, 0.3) is 5.69 Å². The van der Waals surface area contributed by atoms with Crippen molar-refractivity contribution in [3.63, 3.8) is 0 Å². The molecular formula is C13H10ClN5O3. The fourth-order valence-corrected chi connectivity index (χ4v) is 1.90. The lowest BCUT2D eigenvalue weighted by Crippen LogP contribution is -2.20. The number of rotatable bonds is 4. The summed E-state index contributed by atoms with van der Waals surface area (Å²) in [6.07, 6.45) is 1.43. The summed E-state index contributed by atoms with van der Waals surface area (Å²) in [5, 5.41) is 26.6. The number of halogens is 1. The third-order valence-electron chi connectivity index (χ3n) is 2.95. The third kappa shape index (κ3) is 3.21. The summed E-state index contributed by atoms with van der Waals surface area (Å²) in [6.45, 7) is 1.63. The van der Waals surface area contributed by atoms with Gasteiger partial charge in [-0.2, -0.15) is 10.4 Å². The molecule has 0 fully saturated rings. The predicted octanol–water partition coefficient (Wildman–Crippen LogP) is 2.26. The van der Waals surface area contributed by atoms with Gasteiger partial charge < -0.3 is 5.32 Å². The molecule has 1 amide bonds. The van der Waals surface area contributed by atoms with Gasteiger partial charge in [0.1, 0.15) is 12.6 Å². The molecule has 0 saturated carbocycles. The zero-order valence-electron chi connectivity index (χ0n) is 11.4.